The molecule has 19 heavy (non-hydrogen) atoms. The van der Waals surface area contributed by atoms with E-state index >= 15 is 0 Å². The fraction of sp³-hybridized carbons (Fsp3) is 0.308. The van der Waals surface area contributed by atoms with Gasteiger partial charge in [0.2, 0.25) is 0 Å². The zero-order valence-electron chi connectivity index (χ0n) is 11.1. The van der Waals surface area contributed by atoms with Crippen LogP contribution in [0, 0.1) is 13.8 Å². The number of nitrogens with two attached hydrogens (primary N) is 1. The van der Waals surface area contributed by atoms with Crippen LogP contribution in [0.25, 0.3) is 0 Å². The van der Waals surface area contributed by atoms with Gasteiger partial charge in [-0.1, -0.05) is 11.3 Å². The van der Waals surface area contributed by atoms with Crippen molar-refractivity contribution in [1.29, 1.82) is 0 Å². The van der Waals surface area contributed by atoms with Crippen LogP contribution >= 0.6 is 0 Å². The second-order valence-electron chi connectivity index (χ2n) is 4.49. The average Bonchev–Trinajstić information content (AvgIpc) is 2.76. The number of carbonyl (C=O) groups excluding carboxylic acids is 1. The molecule has 0 aliphatic heterocycles. The Bertz CT molecular complexity index is 570. The van der Waals surface area contributed by atoms with Crippen molar-refractivity contribution >= 4 is 11.6 Å². The number of rotatable bonds is 4. The molecule has 0 atom stereocenters. The van der Waals surface area contributed by atoms with Crippen molar-refractivity contribution in [2.24, 2.45) is 5.73 Å². The topological polar surface area (TPSA) is 85.8 Å². The molecule has 0 bridgehead atoms. The minimum Gasteiger partial charge on any atom is -0.329 e. The molecule has 0 saturated carbocycles. The van der Waals surface area contributed by atoms with Gasteiger partial charge < -0.3 is 11.1 Å². The van der Waals surface area contributed by atoms with Crippen LogP contribution in [0.5, 0.6) is 0 Å². The van der Waals surface area contributed by atoms with E-state index in [2.05, 4.69) is 15.6 Å². The van der Waals surface area contributed by atoms with Crippen LogP contribution in [0.1, 0.15) is 21.6 Å². The molecule has 6 heteroatoms. The van der Waals surface area contributed by atoms with Crippen molar-refractivity contribution < 1.29 is 4.79 Å². The molecule has 1 aromatic carbocycles. The molecule has 0 spiro atoms. The van der Waals surface area contributed by atoms with Gasteiger partial charge in [0.05, 0.1) is 12.7 Å². The number of nitrogens with zero attached hydrogens (tertiary/aromatic N) is 3. The van der Waals surface area contributed by atoms with Gasteiger partial charge in [0.1, 0.15) is 0 Å². The first-order valence-corrected chi connectivity index (χ1v) is 6.08. The number of nitrogens with one attached hydrogen (secondary N) is 1. The highest BCUT2D eigenvalue weighted by atomic mass is 16.2. The van der Waals surface area contributed by atoms with Gasteiger partial charge in [-0.15, -0.1) is 5.10 Å². The molecule has 0 unspecified atom stereocenters. The first kappa shape index (κ1) is 13.2. The van der Waals surface area contributed by atoms with E-state index in [1.165, 1.54) is 0 Å². The zero-order chi connectivity index (χ0) is 13.8. The van der Waals surface area contributed by atoms with Gasteiger partial charge in [-0.3, -0.25) is 9.48 Å². The molecular weight excluding hydrogens is 242 g/mol. The number of aromatic nitrogens is 3. The number of aryl methyl sites for hydroxylation is 2. The zero-order valence-corrected chi connectivity index (χ0v) is 11.1. The molecule has 1 amide bonds. The smallest absolute Gasteiger partial charge is 0.277 e. The average molecular weight is 259 g/mol. The molecule has 0 aliphatic rings. The van der Waals surface area contributed by atoms with Gasteiger partial charge in [0.25, 0.3) is 5.91 Å². The SMILES string of the molecule is Cc1cc(C)cc(NC(=O)c2cn(CCN)nn2)c1. The summed E-state index contributed by atoms with van der Waals surface area (Å²) in [6, 6.07) is 5.87. The second kappa shape index (κ2) is 5.62. The van der Waals surface area contributed by atoms with Gasteiger partial charge in [0, 0.05) is 12.2 Å². The van der Waals surface area contributed by atoms with Crippen LogP contribution in [0.2, 0.25) is 0 Å². The summed E-state index contributed by atoms with van der Waals surface area (Å²) in [4.78, 5) is 12.0. The molecule has 1 heterocycles. The summed E-state index contributed by atoms with van der Waals surface area (Å²) >= 11 is 0. The Kier molecular flexibility index (Phi) is 3.91. The molecule has 2 rings (SSSR count). The van der Waals surface area contributed by atoms with Crippen LogP contribution in [-0.4, -0.2) is 27.4 Å². The van der Waals surface area contributed by atoms with E-state index < -0.39 is 0 Å². The highest BCUT2D eigenvalue weighted by Crippen LogP contribution is 2.14. The molecule has 1 aromatic heterocycles. The van der Waals surface area contributed by atoms with Crippen LogP contribution in [0.15, 0.2) is 24.4 Å². The number of carbonyl (C=O) groups is 1. The normalized spacial score (nSPS) is 10.5. The highest BCUT2D eigenvalue weighted by Gasteiger charge is 2.11. The van der Waals surface area contributed by atoms with Gasteiger partial charge in [-0.25, -0.2) is 0 Å². The molecule has 6 nitrogen and oxygen atoms in total. The number of hydrogen-bond donors (Lipinski definition) is 2. The van der Waals surface area contributed by atoms with Crippen molar-refractivity contribution in [1.82, 2.24) is 15.0 Å². The molecular formula is C13H17N5O. The fourth-order valence-electron chi connectivity index (χ4n) is 1.89. The van der Waals surface area contributed by atoms with Crippen LogP contribution in [0.3, 0.4) is 0 Å². The van der Waals surface area contributed by atoms with E-state index in [-0.39, 0.29) is 11.6 Å². The lowest BCUT2D eigenvalue weighted by Crippen LogP contribution is -2.13. The van der Waals surface area contributed by atoms with Crippen molar-refractivity contribution in [3.8, 4) is 0 Å². The molecule has 0 aliphatic carbocycles. The van der Waals surface area contributed by atoms with Gasteiger partial charge in [0.15, 0.2) is 5.69 Å². The second-order valence-corrected chi connectivity index (χ2v) is 4.49. The predicted octanol–water partition coefficient (Wildman–Crippen LogP) is 1.11. The summed E-state index contributed by atoms with van der Waals surface area (Å²) in [7, 11) is 0. The van der Waals surface area contributed by atoms with Crippen LogP contribution < -0.4 is 11.1 Å². The van der Waals surface area contributed by atoms with Crippen molar-refractivity contribution in [3.05, 3.63) is 41.2 Å². The summed E-state index contributed by atoms with van der Waals surface area (Å²) in [5.74, 6) is -0.270. The minimum absolute atomic E-state index is 0.270. The number of hydrogen-bond acceptors (Lipinski definition) is 4. The third kappa shape index (κ3) is 3.38. The monoisotopic (exact) mass is 259 g/mol. The van der Waals surface area contributed by atoms with Gasteiger partial charge in [-0.05, 0) is 37.1 Å². The highest BCUT2D eigenvalue weighted by molar-refractivity contribution is 6.02. The maximum atomic E-state index is 12.0. The minimum atomic E-state index is -0.270. The molecule has 100 valence electrons. The Balaban J connectivity index is 2.11. The molecule has 0 fully saturated rings. The van der Waals surface area contributed by atoms with Crippen molar-refractivity contribution in [2.45, 2.75) is 20.4 Å². The summed E-state index contributed by atoms with van der Waals surface area (Å²) in [5, 5.41) is 10.5. The van der Waals surface area contributed by atoms with E-state index in [9.17, 15) is 4.79 Å². The quantitative estimate of drug-likeness (QED) is 0.861. The lowest BCUT2D eigenvalue weighted by molar-refractivity contribution is 0.102. The Labute approximate surface area is 111 Å². The Hall–Kier alpha value is -2.21. The fourth-order valence-corrected chi connectivity index (χ4v) is 1.89. The third-order valence-electron chi connectivity index (χ3n) is 2.61. The molecule has 0 saturated heterocycles. The van der Waals surface area contributed by atoms with E-state index in [0.29, 0.717) is 13.1 Å². The lowest BCUT2D eigenvalue weighted by atomic mass is 10.1. The molecule has 2 aromatic rings. The van der Waals surface area contributed by atoms with E-state index in [1.807, 2.05) is 32.0 Å². The number of benzene rings is 1. The largest absolute Gasteiger partial charge is 0.329 e. The summed E-state index contributed by atoms with van der Waals surface area (Å²) < 4.78 is 1.55. The maximum Gasteiger partial charge on any atom is 0.277 e. The van der Waals surface area contributed by atoms with Crippen molar-refractivity contribution in [3.63, 3.8) is 0 Å². The van der Waals surface area contributed by atoms with Gasteiger partial charge in [-0.2, -0.15) is 0 Å². The van der Waals surface area contributed by atoms with E-state index in [1.54, 1.807) is 10.9 Å². The lowest BCUT2D eigenvalue weighted by Gasteiger charge is -2.05. The molecule has 0 radical (unpaired) electrons. The van der Waals surface area contributed by atoms with E-state index in [4.69, 9.17) is 5.73 Å². The summed E-state index contributed by atoms with van der Waals surface area (Å²) in [6.07, 6.45) is 1.59. The standard InChI is InChI=1S/C13H17N5O/c1-9-5-10(2)7-11(6-9)15-13(19)12-8-18(4-3-14)17-16-12/h5-8H,3-4,14H2,1-2H3,(H,15,19). The molecule has 3 N–H and O–H groups in total. The third-order valence-corrected chi connectivity index (χ3v) is 2.61. The first-order valence-electron chi connectivity index (χ1n) is 6.08. The Morgan fingerprint density at radius 2 is 2.00 bits per heavy atom. The van der Waals surface area contributed by atoms with Crippen molar-refractivity contribution in [2.75, 3.05) is 11.9 Å². The predicted molar refractivity (Wildman–Crippen MR) is 72.9 cm³/mol. The van der Waals surface area contributed by atoms with Crippen LogP contribution in [-0.2, 0) is 6.54 Å². The van der Waals surface area contributed by atoms with Crippen LogP contribution in [0.4, 0.5) is 5.69 Å². The summed E-state index contributed by atoms with van der Waals surface area (Å²) in [6.45, 7) is 4.98. The van der Waals surface area contributed by atoms with Gasteiger partial charge >= 0.3 is 0 Å². The summed E-state index contributed by atoms with van der Waals surface area (Å²) in [5.41, 5.74) is 8.66. The first-order chi connectivity index (χ1) is 9.08. The maximum absolute atomic E-state index is 12.0. The number of amides is 1. The van der Waals surface area contributed by atoms with E-state index in [0.717, 1.165) is 16.8 Å². The number of anilines is 1. The Morgan fingerprint density at radius 1 is 1.32 bits per heavy atom. The Morgan fingerprint density at radius 3 is 2.63 bits per heavy atom.